The summed E-state index contributed by atoms with van der Waals surface area (Å²) in [4.78, 5) is 22.8. The molecule has 0 aromatic carbocycles. The Morgan fingerprint density at radius 3 is 2.50 bits per heavy atom. The highest BCUT2D eigenvalue weighted by molar-refractivity contribution is 5.01. The Hall–Kier alpha value is -1.36. The molecule has 1 aromatic heterocycles. The molecule has 0 aliphatic carbocycles. The van der Waals surface area contributed by atoms with Crippen LogP contribution >= 0.6 is 0 Å². The second kappa shape index (κ2) is 4.23. The molecule has 0 aliphatic heterocycles. The number of nitrogens with one attached hydrogen (secondary N) is 1. The van der Waals surface area contributed by atoms with E-state index >= 15 is 0 Å². The molecule has 0 fully saturated rings. The van der Waals surface area contributed by atoms with E-state index in [2.05, 4.69) is 5.32 Å². The van der Waals surface area contributed by atoms with Gasteiger partial charge < -0.3 is 5.32 Å². The van der Waals surface area contributed by atoms with Gasteiger partial charge in [-0.05, 0) is 6.54 Å². The van der Waals surface area contributed by atoms with Crippen molar-refractivity contribution in [2.45, 2.75) is 13.5 Å². The molecule has 78 valence electrons. The van der Waals surface area contributed by atoms with Crippen LogP contribution in [-0.4, -0.2) is 15.7 Å². The van der Waals surface area contributed by atoms with Gasteiger partial charge in [0.2, 0.25) is 0 Å². The summed E-state index contributed by atoms with van der Waals surface area (Å²) in [5, 5.41) is 3.07. The number of hydrogen-bond acceptors (Lipinski definition) is 3. The van der Waals surface area contributed by atoms with Crippen LogP contribution in [0, 0.1) is 0 Å². The van der Waals surface area contributed by atoms with Gasteiger partial charge in [-0.1, -0.05) is 6.92 Å². The lowest BCUT2D eigenvalue weighted by Crippen LogP contribution is -2.39. The fourth-order valence-electron chi connectivity index (χ4n) is 1.20. The molecule has 1 heterocycles. The van der Waals surface area contributed by atoms with E-state index in [4.69, 9.17) is 0 Å². The van der Waals surface area contributed by atoms with Crippen molar-refractivity contribution >= 4 is 0 Å². The van der Waals surface area contributed by atoms with Crippen LogP contribution in [0.25, 0.3) is 0 Å². The molecule has 0 radical (unpaired) electrons. The van der Waals surface area contributed by atoms with Gasteiger partial charge in [0.05, 0.1) is 0 Å². The Morgan fingerprint density at radius 2 is 1.93 bits per heavy atom. The van der Waals surface area contributed by atoms with Crippen LogP contribution in [0.5, 0.6) is 0 Å². The summed E-state index contributed by atoms with van der Waals surface area (Å²) in [6.07, 6.45) is 0. The number of hydrogen-bond donors (Lipinski definition) is 1. The second-order valence-corrected chi connectivity index (χ2v) is 3.15. The average Bonchev–Trinajstić information content (AvgIpc) is 2.18. The zero-order valence-corrected chi connectivity index (χ0v) is 8.70. The molecule has 1 rings (SSSR count). The van der Waals surface area contributed by atoms with E-state index in [-0.39, 0.29) is 11.2 Å². The summed E-state index contributed by atoms with van der Waals surface area (Å²) in [6.45, 7) is 3.32. The van der Waals surface area contributed by atoms with Gasteiger partial charge in [0.15, 0.2) is 0 Å². The highest BCUT2D eigenvalue weighted by Gasteiger charge is 2.04. The summed E-state index contributed by atoms with van der Waals surface area (Å²) < 4.78 is 2.57. The number of aromatic nitrogens is 2. The second-order valence-electron chi connectivity index (χ2n) is 3.15. The summed E-state index contributed by atoms with van der Waals surface area (Å²) in [6, 6.07) is 1.48. The predicted octanol–water partition coefficient (Wildman–Crippen LogP) is -0.806. The monoisotopic (exact) mass is 197 g/mol. The molecule has 5 nitrogen and oxygen atoms in total. The molecule has 0 bridgehead atoms. The number of nitrogens with zero attached hydrogens (tertiary/aromatic N) is 2. The normalized spacial score (nSPS) is 10.5. The third-order valence-electron chi connectivity index (χ3n) is 2.18. The minimum Gasteiger partial charge on any atom is -0.312 e. The molecule has 1 aromatic rings. The van der Waals surface area contributed by atoms with Gasteiger partial charge in [0.25, 0.3) is 5.56 Å². The SMILES string of the molecule is CCNCc1cc(=O)n(C)c(=O)n1C. The van der Waals surface area contributed by atoms with Gasteiger partial charge in [-0.25, -0.2) is 4.79 Å². The summed E-state index contributed by atoms with van der Waals surface area (Å²) in [5.74, 6) is 0. The van der Waals surface area contributed by atoms with Crippen LogP contribution in [0.2, 0.25) is 0 Å². The zero-order valence-electron chi connectivity index (χ0n) is 8.70. The van der Waals surface area contributed by atoms with Crippen molar-refractivity contribution in [3.05, 3.63) is 32.6 Å². The average molecular weight is 197 g/mol. The van der Waals surface area contributed by atoms with E-state index in [9.17, 15) is 9.59 Å². The molecule has 0 unspecified atom stereocenters. The van der Waals surface area contributed by atoms with Gasteiger partial charge in [0.1, 0.15) is 0 Å². The lowest BCUT2D eigenvalue weighted by Gasteiger charge is -2.08. The van der Waals surface area contributed by atoms with Crippen LogP contribution < -0.4 is 16.6 Å². The van der Waals surface area contributed by atoms with E-state index in [0.29, 0.717) is 12.2 Å². The quantitative estimate of drug-likeness (QED) is 0.689. The van der Waals surface area contributed by atoms with Crippen molar-refractivity contribution in [2.24, 2.45) is 14.1 Å². The smallest absolute Gasteiger partial charge is 0.312 e. The first kappa shape index (κ1) is 10.7. The van der Waals surface area contributed by atoms with Crippen LogP contribution in [0.1, 0.15) is 12.6 Å². The van der Waals surface area contributed by atoms with Gasteiger partial charge in [-0.15, -0.1) is 0 Å². The Bertz CT molecular complexity index is 431. The first-order chi connectivity index (χ1) is 6.57. The van der Waals surface area contributed by atoms with Crippen molar-refractivity contribution in [3.8, 4) is 0 Å². The molecule has 0 aliphatic rings. The summed E-state index contributed by atoms with van der Waals surface area (Å²) in [5.41, 5.74) is 0.159. The highest BCUT2D eigenvalue weighted by Crippen LogP contribution is 1.88. The van der Waals surface area contributed by atoms with Crippen LogP contribution in [-0.2, 0) is 20.6 Å². The molecule has 0 atom stereocenters. The van der Waals surface area contributed by atoms with Crippen molar-refractivity contribution in [1.82, 2.24) is 14.5 Å². The minimum atomic E-state index is -0.287. The number of rotatable bonds is 3. The van der Waals surface area contributed by atoms with Crippen molar-refractivity contribution in [1.29, 1.82) is 0 Å². The van der Waals surface area contributed by atoms with Crippen molar-refractivity contribution in [2.75, 3.05) is 6.54 Å². The van der Waals surface area contributed by atoms with E-state index in [1.807, 2.05) is 6.92 Å². The van der Waals surface area contributed by atoms with Gasteiger partial charge in [-0.2, -0.15) is 0 Å². The molecule has 1 N–H and O–H groups in total. The van der Waals surface area contributed by atoms with E-state index in [1.54, 1.807) is 7.05 Å². The molecular weight excluding hydrogens is 182 g/mol. The van der Waals surface area contributed by atoms with Gasteiger partial charge in [-0.3, -0.25) is 13.9 Å². The molecule has 0 amide bonds. The maximum Gasteiger partial charge on any atom is 0.330 e. The van der Waals surface area contributed by atoms with Crippen LogP contribution in [0.3, 0.4) is 0 Å². The van der Waals surface area contributed by atoms with Crippen molar-refractivity contribution < 1.29 is 0 Å². The van der Waals surface area contributed by atoms with Crippen molar-refractivity contribution in [3.63, 3.8) is 0 Å². The third-order valence-corrected chi connectivity index (χ3v) is 2.18. The first-order valence-electron chi connectivity index (χ1n) is 4.54. The summed E-state index contributed by atoms with van der Waals surface area (Å²) in [7, 11) is 3.14. The lowest BCUT2D eigenvalue weighted by molar-refractivity contribution is 0.611. The molecule has 14 heavy (non-hydrogen) atoms. The van der Waals surface area contributed by atoms with E-state index in [1.165, 1.54) is 17.7 Å². The lowest BCUT2D eigenvalue weighted by atomic mass is 10.4. The fourth-order valence-corrected chi connectivity index (χ4v) is 1.20. The molecule has 0 spiro atoms. The van der Waals surface area contributed by atoms with Gasteiger partial charge in [0, 0.05) is 32.4 Å². The largest absolute Gasteiger partial charge is 0.330 e. The fraction of sp³-hybridized carbons (Fsp3) is 0.556. The Labute approximate surface area is 82.0 Å². The maximum atomic E-state index is 11.5. The van der Waals surface area contributed by atoms with Crippen LogP contribution in [0.15, 0.2) is 15.7 Å². The Kier molecular flexibility index (Phi) is 3.24. The van der Waals surface area contributed by atoms with Gasteiger partial charge >= 0.3 is 5.69 Å². The summed E-state index contributed by atoms with van der Waals surface area (Å²) >= 11 is 0. The minimum absolute atomic E-state index is 0.263. The zero-order chi connectivity index (χ0) is 10.7. The van der Waals surface area contributed by atoms with Crippen LogP contribution in [0.4, 0.5) is 0 Å². The third kappa shape index (κ3) is 1.93. The standard InChI is InChI=1S/C9H15N3O2/c1-4-10-6-7-5-8(13)12(3)9(14)11(7)2/h5,10H,4,6H2,1-3H3. The molecule has 0 saturated carbocycles. The molecule has 0 saturated heterocycles. The molecular formula is C9H15N3O2. The topological polar surface area (TPSA) is 56.0 Å². The highest BCUT2D eigenvalue weighted by atomic mass is 16.2. The maximum absolute atomic E-state index is 11.5. The van der Waals surface area contributed by atoms with E-state index in [0.717, 1.165) is 11.1 Å². The molecule has 5 heteroatoms. The Morgan fingerprint density at radius 1 is 1.29 bits per heavy atom. The Balaban J connectivity index is 3.20. The van der Waals surface area contributed by atoms with E-state index < -0.39 is 0 Å². The predicted molar refractivity (Wildman–Crippen MR) is 54.3 cm³/mol. The first-order valence-corrected chi connectivity index (χ1v) is 4.54.